The Kier molecular flexibility index (Phi) is 7.68. The number of benzene rings is 1. The summed E-state index contributed by atoms with van der Waals surface area (Å²) in [7, 11) is 1.69. The Bertz CT molecular complexity index is 1010. The van der Waals surface area contributed by atoms with Gasteiger partial charge in [-0.1, -0.05) is 26.0 Å². The van der Waals surface area contributed by atoms with Crippen LogP contribution in [0.25, 0.3) is 6.08 Å². The number of rotatable bonds is 1. The fraction of sp³-hybridized carbons (Fsp3) is 0.556. The number of hydrogen-bond acceptors (Lipinski definition) is 5. The van der Waals surface area contributed by atoms with Gasteiger partial charge < -0.3 is 19.1 Å². The molecule has 1 saturated heterocycles. The van der Waals surface area contributed by atoms with Gasteiger partial charge in [0.2, 0.25) is 5.91 Å². The maximum absolute atomic E-state index is 15.2. The summed E-state index contributed by atoms with van der Waals surface area (Å²) < 4.78 is 33.1. The average Bonchev–Trinajstić information content (AvgIpc) is 3.05. The molecule has 1 unspecified atom stereocenters. The number of fused-ring (bicyclic) bond motifs is 2. The normalized spacial score (nSPS) is 30.9. The Balaban J connectivity index is 2.10. The molecule has 3 rings (SSSR count). The third-order valence-corrected chi connectivity index (χ3v) is 6.69. The van der Waals surface area contributed by atoms with Crippen LogP contribution in [0.3, 0.4) is 0 Å². The molecule has 2 heterocycles. The maximum Gasteiger partial charge on any atom is 0.339 e. The van der Waals surface area contributed by atoms with E-state index in [0.29, 0.717) is 28.8 Å². The highest BCUT2D eigenvalue weighted by Gasteiger charge is 2.44. The molecule has 5 atom stereocenters. The fourth-order valence-corrected chi connectivity index (χ4v) is 4.41. The van der Waals surface area contributed by atoms with Crippen LogP contribution >= 0.6 is 0 Å². The molecule has 7 heteroatoms. The minimum absolute atomic E-state index is 0.112. The molecule has 1 aromatic rings. The summed E-state index contributed by atoms with van der Waals surface area (Å²) in [6, 6.07) is 3.59. The summed E-state index contributed by atoms with van der Waals surface area (Å²) >= 11 is 0. The van der Waals surface area contributed by atoms with Crippen molar-refractivity contribution in [3.05, 3.63) is 46.8 Å². The molecule has 0 aromatic heterocycles. The number of anilines is 1. The molecule has 0 aliphatic carbocycles. The second-order valence-electron chi connectivity index (χ2n) is 9.89. The largest absolute Gasteiger partial charge is 0.458 e. The third-order valence-electron chi connectivity index (χ3n) is 6.69. The lowest BCUT2D eigenvalue weighted by Gasteiger charge is -2.25. The van der Waals surface area contributed by atoms with Crippen molar-refractivity contribution in [2.75, 3.05) is 11.9 Å². The average molecular weight is 474 g/mol. The molecule has 0 N–H and O–H groups in total. The van der Waals surface area contributed by atoms with E-state index in [1.807, 2.05) is 39.8 Å². The summed E-state index contributed by atoms with van der Waals surface area (Å²) in [6.45, 7) is 12.3. The van der Waals surface area contributed by atoms with Crippen LogP contribution in [0.2, 0.25) is 0 Å². The summed E-state index contributed by atoms with van der Waals surface area (Å²) in [5, 5.41) is 0. The van der Waals surface area contributed by atoms with E-state index in [0.717, 1.165) is 0 Å². The van der Waals surface area contributed by atoms with Crippen LogP contribution in [0.15, 0.2) is 30.1 Å². The first kappa shape index (κ1) is 26.1. The molecule has 0 radical (unpaired) electrons. The van der Waals surface area contributed by atoms with Crippen molar-refractivity contribution in [3.8, 4) is 0 Å². The highest BCUT2D eigenvalue weighted by atomic mass is 19.1. The van der Waals surface area contributed by atoms with Crippen LogP contribution in [0.4, 0.5) is 10.1 Å². The summed E-state index contributed by atoms with van der Waals surface area (Å²) in [4.78, 5) is 26.7. The number of carbonyl (C=O) groups is 2. The molecule has 0 saturated carbocycles. The molecule has 2 aliphatic rings. The van der Waals surface area contributed by atoms with Crippen molar-refractivity contribution in [1.29, 1.82) is 0 Å². The van der Waals surface area contributed by atoms with Crippen LogP contribution in [0, 0.1) is 18.8 Å². The van der Waals surface area contributed by atoms with E-state index in [1.165, 1.54) is 17.9 Å². The molecule has 1 amide bonds. The van der Waals surface area contributed by atoms with Gasteiger partial charge in [0, 0.05) is 31.5 Å². The molecular formula is C27H36FNO5. The zero-order valence-electron chi connectivity index (χ0n) is 21.3. The molecule has 6 nitrogen and oxygen atoms in total. The monoisotopic (exact) mass is 473 g/mol. The number of hydrogen-bond donors (Lipinski definition) is 0. The molecule has 0 spiro atoms. The molecule has 34 heavy (non-hydrogen) atoms. The van der Waals surface area contributed by atoms with Gasteiger partial charge in [-0.2, -0.15) is 0 Å². The SMILES string of the molecule is CC(=O)N(C)c1cc(C)c2c(c1)C=CC[C@@H]1OC(C)(C)O[C@@H]1C(C)/C(F)=C\[C@@H](C)[C@H](C)OC2=O. The molecule has 1 fully saturated rings. The van der Waals surface area contributed by atoms with Crippen LogP contribution in [0.5, 0.6) is 0 Å². The van der Waals surface area contributed by atoms with E-state index in [9.17, 15) is 9.59 Å². The van der Waals surface area contributed by atoms with Gasteiger partial charge in [0.05, 0.1) is 17.8 Å². The third kappa shape index (κ3) is 5.58. The van der Waals surface area contributed by atoms with Crippen LogP contribution in [0.1, 0.15) is 69.4 Å². The number of nitrogens with zero attached hydrogens (tertiary/aromatic N) is 1. The number of ether oxygens (including phenoxy) is 3. The molecule has 1 aromatic carbocycles. The number of aryl methyl sites for hydroxylation is 1. The zero-order valence-corrected chi connectivity index (χ0v) is 21.3. The Labute approximate surface area is 201 Å². The van der Waals surface area contributed by atoms with E-state index in [-0.39, 0.29) is 23.8 Å². The second-order valence-corrected chi connectivity index (χ2v) is 9.89. The van der Waals surface area contributed by atoms with Crippen LogP contribution in [-0.4, -0.2) is 43.0 Å². The van der Waals surface area contributed by atoms with Gasteiger partial charge in [-0.05, 0) is 63.5 Å². The van der Waals surface area contributed by atoms with Crippen molar-refractivity contribution >= 4 is 23.6 Å². The maximum atomic E-state index is 15.2. The standard InChI is InChI=1S/C27H36FNO5/c1-15-13-22(28)17(3)25-23(33-27(6,7)34-25)11-9-10-20-14-21(29(8)19(5)30)12-16(2)24(20)26(31)32-18(15)4/h9-10,12-15,17-18,23,25H,11H2,1-8H3/b10-9?,22-13+/t15-,17?,18+,23+,25-/m1/s1. The zero-order chi connectivity index (χ0) is 25.4. The second kappa shape index (κ2) is 10.0. The van der Waals surface area contributed by atoms with Crippen molar-refractivity contribution in [2.24, 2.45) is 11.8 Å². The van der Waals surface area contributed by atoms with E-state index in [1.54, 1.807) is 33.0 Å². The van der Waals surface area contributed by atoms with Gasteiger partial charge >= 0.3 is 5.97 Å². The van der Waals surface area contributed by atoms with Gasteiger partial charge in [0.15, 0.2) is 5.79 Å². The minimum atomic E-state index is -0.824. The van der Waals surface area contributed by atoms with E-state index >= 15 is 4.39 Å². The van der Waals surface area contributed by atoms with Crippen molar-refractivity contribution in [1.82, 2.24) is 0 Å². The quantitative estimate of drug-likeness (QED) is 0.498. The van der Waals surface area contributed by atoms with E-state index in [2.05, 4.69) is 0 Å². The first-order chi connectivity index (χ1) is 15.8. The first-order valence-corrected chi connectivity index (χ1v) is 11.8. The van der Waals surface area contributed by atoms with Crippen molar-refractivity contribution in [2.45, 2.75) is 79.0 Å². The lowest BCUT2D eigenvalue weighted by atomic mass is 9.93. The summed E-state index contributed by atoms with van der Waals surface area (Å²) in [5.74, 6) is -2.58. The smallest absolute Gasteiger partial charge is 0.339 e. The lowest BCUT2D eigenvalue weighted by molar-refractivity contribution is -0.149. The van der Waals surface area contributed by atoms with Crippen LogP contribution in [-0.2, 0) is 19.0 Å². The van der Waals surface area contributed by atoms with Crippen molar-refractivity contribution in [3.63, 3.8) is 0 Å². The number of carbonyl (C=O) groups excluding carboxylic acids is 2. The van der Waals surface area contributed by atoms with Crippen molar-refractivity contribution < 1.29 is 28.2 Å². The number of esters is 1. The molecule has 0 bridgehead atoms. The van der Waals surface area contributed by atoms with Gasteiger partial charge in [0.1, 0.15) is 11.9 Å². The molecule has 186 valence electrons. The van der Waals surface area contributed by atoms with E-state index < -0.39 is 29.9 Å². The van der Waals surface area contributed by atoms with Gasteiger partial charge in [-0.25, -0.2) is 9.18 Å². The molecular weight excluding hydrogens is 437 g/mol. The van der Waals surface area contributed by atoms with Gasteiger partial charge in [-0.15, -0.1) is 0 Å². The lowest BCUT2D eigenvalue weighted by Crippen LogP contribution is -2.30. The number of amides is 1. The Hall–Kier alpha value is -2.51. The summed E-state index contributed by atoms with van der Waals surface area (Å²) in [6.07, 6.45) is 4.36. The first-order valence-electron chi connectivity index (χ1n) is 11.8. The predicted molar refractivity (Wildman–Crippen MR) is 130 cm³/mol. The predicted octanol–water partition coefficient (Wildman–Crippen LogP) is 5.59. The highest BCUT2D eigenvalue weighted by molar-refractivity contribution is 5.98. The number of halogens is 1. The Morgan fingerprint density at radius 2 is 1.85 bits per heavy atom. The summed E-state index contributed by atoms with van der Waals surface area (Å²) in [5.41, 5.74) is 2.44. The number of cyclic esters (lactones) is 1. The minimum Gasteiger partial charge on any atom is -0.458 e. The van der Waals surface area contributed by atoms with Gasteiger partial charge in [-0.3, -0.25) is 4.79 Å². The van der Waals surface area contributed by atoms with E-state index in [4.69, 9.17) is 14.2 Å². The van der Waals surface area contributed by atoms with Gasteiger partial charge in [0.25, 0.3) is 0 Å². The van der Waals surface area contributed by atoms with Crippen LogP contribution < -0.4 is 4.90 Å². The highest BCUT2D eigenvalue weighted by Crippen LogP contribution is 2.37. The topological polar surface area (TPSA) is 65.1 Å². The molecule has 2 aliphatic heterocycles. The fourth-order valence-electron chi connectivity index (χ4n) is 4.41. The Morgan fingerprint density at radius 3 is 2.50 bits per heavy atom. The Morgan fingerprint density at radius 1 is 1.18 bits per heavy atom.